The van der Waals surface area contributed by atoms with Crippen molar-refractivity contribution in [2.24, 2.45) is 0 Å². The second-order valence-electron chi connectivity index (χ2n) is 5.88. The number of hydrogen-bond acceptors (Lipinski definition) is 4. The Bertz CT molecular complexity index is 556. The second-order valence-corrected chi connectivity index (χ2v) is 5.88. The summed E-state index contributed by atoms with van der Waals surface area (Å²) in [5, 5.41) is 2.89. The maximum atomic E-state index is 12.0. The number of rotatable bonds is 7. The Labute approximate surface area is 136 Å². The molecule has 1 aromatic rings. The third-order valence-electron chi connectivity index (χ3n) is 4.02. The number of likely N-dealkylation sites (tertiary alicyclic amines) is 1. The van der Waals surface area contributed by atoms with Crippen molar-refractivity contribution in [3.63, 3.8) is 0 Å². The molecule has 6 heteroatoms. The van der Waals surface area contributed by atoms with E-state index in [1.54, 1.807) is 0 Å². The van der Waals surface area contributed by atoms with Gasteiger partial charge in [-0.25, -0.2) is 0 Å². The van der Waals surface area contributed by atoms with E-state index in [2.05, 4.69) is 5.32 Å². The summed E-state index contributed by atoms with van der Waals surface area (Å²) in [6, 6.07) is 10.0. The number of nitrogens with one attached hydrogen (secondary N) is 1. The minimum atomic E-state index is -0.182. The number of imide groups is 1. The van der Waals surface area contributed by atoms with Crippen molar-refractivity contribution in [3.8, 4) is 0 Å². The zero-order valence-corrected chi connectivity index (χ0v) is 13.6. The van der Waals surface area contributed by atoms with Crippen LogP contribution in [0.1, 0.15) is 30.9 Å². The lowest BCUT2D eigenvalue weighted by molar-refractivity contribution is -0.138. The van der Waals surface area contributed by atoms with Crippen LogP contribution in [0.4, 0.5) is 0 Å². The number of carbonyl (C=O) groups is 3. The van der Waals surface area contributed by atoms with Crippen LogP contribution >= 0.6 is 0 Å². The smallest absolute Gasteiger partial charge is 0.229 e. The molecule has 1 fully saturated rings. The average Bonchev–Trinajstić information content (AvgIpc) is 2.85. The van der Waals surface area contributed by atoms with Gasteiger partial charge in [0.1, 0.15) is 0 Å². The van der Waals surface area contributed by atoms with Crippen molar-refractivity contribution in [3.05, 3.63) is 35.9 Å². The van der Waals surface area contributed by atoms with E-state index in [-0.39, 0.29) is 49.6 Å². The van der Waals surface area contributed by atoms with Crippen molar-refractivity contribution in [1.29, 1.82) is 0 Å². The van der Waals surface area contributed by atoms with Gasteiger partial charge in [0, 0.05) is 32.4 Å². The molecule has 0 aliphatic carbocycles. The first-order valence-corrected chi connectivity index (χ1v) is 7.80. The summed E-state index contributed by atoms with van der Waals surface area (Å²) in [4.78, 5) is 38.2. The van der Waals surface area contributed by atoms with Gasteiger partial charge in [0.15, 0.2) is 0 Å². The highest BCUT2D eigenvalue weighted by atomic mass is 16.2. The average molecular weight is 317 g/mol. The van der Waals surface area contributed by atoms with E-state index in [1.165, 1.54) is 4.90 Å². The summed E-state index contributed by atoms with van der Waals surface area (Å²) in [6.45, 7) is 0.652. The molecule has 1 N–H and O–H groups in total. The molecule has 0 bridgehead atoms. The van der Waals surface area contributed by atoms with Crippen LogP contribution in [0.3, 0.4) is 0 Å². The fourth-order valence-corrected chi connectivity index (χ4v) is 2.66. The molecule has 0 saturated carbocycles. The van der Waals surface area contributed by atoms with Gasteiger partial charge in [0.25, 0.3) is 0 Å². The van der Waals surface area contributed by atoms with Gasteiger partial charge in [0.2, 0.25) is 17.7 Å². The standard InChI is InChI=1S/C17H23N3O3/c1-19(2)14(13-6-4-3-5-7-13)12-18-15(21)10-11-20-16(22)8-9-17(20)23/h3-7,14H,8-12H2,1-2H3,(H,18,21)/t14-/m1/s1. The molecule has 0 aromatic heterocycles. The molecule has 1 heterocycles. The summed E-state index contributed by atoms with van der Waals surface area (Å²) in [6.07, 6.45) is 0.667. The molecule has 1 aliphatic rings. The summed E-state index contributed by atoms with van der Waals surface area (Å²) >= 11 is 0. The maximum absolute atomic E-state index is 12.0. The monoisotopic (exact) mass is 317 g/mol. The topological polar surface area (TPSA) is 69.7 Å². The molecule has 0 spiro atoms. The first-order chi connectivity index (χ1) is 11.0. The van der Waals surface area contributed by atoms with Crippen LogP contribution in [0.15, 0.2) is 30.3 Å². The Balaban J connectivity index is 1.82. The Morgan fingerprint density at radius 2 is 1.78 bits per heavy atom. The molecule has 0 radical (unpaired) electrons. The van der Waals surface area contributed by atoms with Crippen LogP contribution in [-0.2, 0) is 14.4 Å². The molecule has 2 rings (SSSR count). The quantitative estimate of drug-likeness (QED) is 0.760. The number of carbonyl (C=O) groups excluding carboxylic acids is 3. The van der Waals surface area contributed by atoms with Gasteiger partial charge in [-0.3, -0.25) is 19.3 Å². The van der Waals surface area contributed by atoms with Crippen LogP contribution in [0.2, 0.25) is 0 Å². The van der Waals surface area contributed by atoms with E-state index in [4.69, 9.17) is 0 Å². The van der Waals surface area contributed by atoms with E-state index in [0.717, 1.165) is 5.56 Å². The summed E-state index contributed by atoms with van der Waals surface area (Å²) < 4.78 is 0. The van der Waals surface area contributed by atoms with Gasteiger partial charge < -0.3 is 10.2 Å². The van der Waals surface area contributed by atoms with Gasteiger partial charge in [-0.05, 0) is 19.7 Å². The fraction of sp³-hybridized carbons (Fsp3) is 0.471. The van der Waals surface area contributed by atoms with Crippen LogP contribution < -0.4 is 5.32 Å². The Morgan fingerprint density at radius 1 is 1.17 bits per heavy atom. The van der Waals surface area contributed by atoms with Gasteiger partial charge in [-0.2, -0.15) is 0 Å². The number of nitrogens with zero attached hydrogens (tertiary/aromatic N) is 2. The molecular weight excluding hydrogens is 294 g/mol. The first-order valence-electron chi connectivity index (χ1n) is 7.80. The molecule has 23 heavy (non-hydrogen) atoms. The van der Waals surface area contributed by atoms with Crippen molar-refractivity contribution in [2.45, 2.75) is 25.3 Å². The van der Waals surface area contributed by atoms with Crippen molar-refractivity contribution >= 4 is 17.7 Å². The number of hydrogen-bond donors (Lipinski definition) is 1. The Morgan fingerprint density at radius 3 is 2.35 bits per heavy atom. The minimum Gasteiger partial charge on any atom is -0.354 e. The summed E-state index contributed by atoms with van der Waals surface area (Å²) in [5.74, 6) is -0.517. The zero-order valence-electron chi connectivity index (χ0n) is 13.6. The predicted octanol–water partition coefficient (Wildman–Crippen LogP) is 0.945. The fourth-order valence-electron chi connectivity index (χ4n) is 2.66. The van der Waals surface area contributed by atoms with Crippen LogP contribution in [0, 0.1) is 0 Å². The predicted molar refractivity (Wildman–Crippen MR) is 86.5 cm³/mol. The van der Waals surface area contributed by atoms with Crippen LogP contribution in [0.25, 0.3) is 0 Å². The van der Waals surface area contributed by atoms with Gasteiger partial charge in [-0.15, -0.1) is 0 Å². The van der Waals surface area contributed by atoms with Gasteiger partial charge in [-0.1, -0.05) is 30.3 Å². The SMILES string of the molecule is CN(C)[C@H](CNC(=O)CCN1C(=O)CCC1=O)c1ccccc1. The van der Waals surface area contributed by atoms with E-state index < -0.39 is 0 Å². The van der Waals surface area contributed by atoms with E-state index >= 15 is 0 Å². The van der Waals surface area contributed by atoms with Crippen molar-refractivity contribution < 1.29 is 14.4 Å². The van der Waals surface area contributed by atoms with Gasteiger partial charge >= 0.3 is 0 Å². The number of amides is 3. The molecule has 6 nitrogen and oxygen atoms in total. The van der Waals surface area contributed by atoms with Gasteiger partial charge in [0.05, 0.1) is 6.04 Å². The lowest BCUT2D eigenvalue weighted by Gasteiger charge is -2.25. The van der Waals surface area contributed by atoms with E-state index in [9.17, 15) is 14.4 Å². The third-order valence-corrected chi connectivity index (χ3v) is 4.02. The Kier molecular flexibility index (Phi) is 5.87. The number of likely N-dealkylation sites (N-methyl/N-ethyl adjacent to an activating group) is 1. The number of benzene rings is 1. The molecule has 3 amide bonds. The largest absolute Gasteiger partial charge is 0.354 e. The van der Waals surface area contributed by atoms with Crippen LogP contribution in [-0.4, -0.2) is 54.7 Å². The van der Waals surface area contributed by atoms with Crippen LogP contribution in [0.5, 0.6) is 0 Å². The molecular formula is C17H23N3O3. The normalized spacial score (nSPS) is 16.0. The molecule has 1 saturated heterocycles. The molecule has 0 unspecified atom stereocenters. The van der Waals surface area contributed by atoms with E-state index in [0.29, 0.717) is 6.54 Å². The molecule has 124 valence electrons. The molecule has 1 atom stereocenters. The zero-order chi connectivity index (χ0) is 16.8. The molecule has 1 aromatic carbocycles. The lowest BCUT2D eigenvalue weighted by Crippen LogP contribution is -2.37. The Hall–Kier alpha value is -2.21. The minimum absolute atomic E-state index is 0.0789. The third kappa shape index (κ3) is 4.63. The van der Waals surface area contributed by atoms with Crippen molar-refractivity contribution in [2.75, 3.05) is 27.2 Å². The summed E-state index contributed by atoms with van der Waals surface area (Å²) in [5.41, 5.74) is 1.13. The van der Waals surface area contributed by atoms with Crippen molar-refractivity contribution in [1.82, 2.24) is 15.1 Å². The highest BCUT2D eigenvalue weighted by molar-refractivity contribution is 6.02. The molecule has 1 aliphatic heterocycles. The lowest BCUT2D eigenvalue weighted by atomic mass is 10.1. The highest BCUT2D eigenvalue weighted by Crippen LogP contribution is 2.17. The highest BCUT2D eigenvalue weighted by Gasteiger charge is 2.28. The summed E-state index contributed by atoms with van der Waals surface area (Å²) in [7, 11) is 3.93. The first kappa shape index (κ1) is 17.1. The maximum Gasteiger partial charge on any atom is 0.229 e. The second kappa shape index (κ2) is 7.87. The van der Waals surface area contributed by atoms with E-state index in [1.807, 2.05) is 49.3 Å².